The van der Waals surface area contributed by atoms with Crippen LogP contribution < -0.4 is 5.32 Å². The van der Waals surface area contributed by atoms with Crippen LogP contribution in [0.15, 0.2) is 12.2 Å². The van der Waals surface area contributed by atoms with E-state index < -0.39 is 12.0 Å². The number of hydrogen-bond donors (Lipinski definition) is 3. The van der Waals surface area contributed by atoms with Crippen molar-refractivity contribution >= 4 is 12.0 Å². The van der Waals surface area contributed by atoms with Crippen LogP contribution in [0.25, 0.3) is 0 Å². The lowest BCUT2D eigenvalue weighted by Crippen LogP contribution is -2.26. The van der Waals surface area contributed by atoms with Gasteiger partial charge in [0.25, 0.3) is 5.91 Å². The van der Waals surface area contributed by atoms with Gasteiger partial charge in [-0.05, 0) is 0 Å². The highest BCUT2D eigenvalue weighted by Gasteiger charge is 1.98. The summed E-state index contributed by atoms with van der Waals surface area (Å²) in [5.41, 5.74) is 0. The molecule has 0 unspecified atom stereocenters. The predicted molar refractivity (Wildman–Crippen MR) is 32.4 cm³/mol. The molecule has 0 bridgehead atoms. The first kappa shape index (κ1) is 8.64. The molecule has 0 aromatic heterocycles. The third-order valence-electron chi connectivity index (χ3n) is 0.605. The molecule has 56 valence electrons. The van der Waals surface area contributed by atoms with Crippen LogP contribution in [0.5, 0.6) is 0 Å². The van der Waals surface area contributed by atoms with Crippen LogP contribution >= 0.6 is 0 Å². The molecule has 0 spiro atoms. The Hall–Kier alpha value is -1.36. The van der Waals surface area contributed by atoms with E-state index in [4.69, 9.17) is 10.2 Å². The third kappa shape index (κ3) is 4.79. The number of aliphatic hydroxyl groups excluding tert-OH is 1. The van der Waals surface area contributed by atoms with E-state index >= 15 is 0 Å². The second kappa shape index (κ2) is 4.51. The lowest BCUT2D eigenvalue weighted by molar-refractivity contribution is -0.115. The van der Waals surface area contributed by atoms with Crippen LogP contribution in [0.4, 0.5) is 4.79 Å². The maximum Gasteiger partial charge on any atom is 0.411 e. The fourth-order valence-electron chi connectivity index (χ4n) is 0.307. The van der Waals surface area contributed by atoms with E-state index in [1.165, 1.54) is 0 Å². The largest absolute Gasteiger partial charge is 0.465 e. The molecule has 0 rings (SSSR count). The van der Waals surface area contributed by atoms with Crippen LogP contribution in [-0.4, -0.2) is 28.8 Å². The first-order chi connectivity index (χ1) is 4.66. The maximum absolute atomic E-state index is 10.3. The fourth-order valence-corrected chi connectivity index (χ4v) is 0.307. The first-order valence-electron chi connectivity index (χ1n) is 2.48. The van der Waals surface area contributed by atoms with Gasteiger partial charge in [0.05, 0.1) is 6.61 Å². The summed E-state index contributed by atoms with van der Waals surface area (Å²) in [4.78, 5) is 20.1. The number of carbonyl (C=O) groups excluding carboxylic acids is 1. The van der Waals surface area contributed by atoms with Crippen molar-refractivity contribution in [1.82, 2.24) is 5.32 Å². The molecule has 3 N–H and O–H groups in total. The smallest absolute Gasteiger partial charge is 0.411 e. The number of imide groups is 1. The standard InChI is InChI=1S/C5H7NO4/c7-3-1-2-4(8)6-5(9)10/h1-2,7H,3H2,(H,6,8)(H,9,10). The van der Waals surface area contributed by atoms with Gasteiger partial charge >= 0.3 is 6.09 Å². The minimum Gasteiger partial charge on any atom is -0.465 e. The Labute approximate surface area is 57.0 Å². The molecule has 0 fully saturated rings. The van der Waals surface area contributed by atoms with Crippen molar-refractivity contribution in [3.05, 3.63) is 12.2 Å². The Bertz CT molecular complexity index is 163. The van der Waals surface area contributed by atoms with Gasteiger partial charge in [-0.1, -0.05) is 6.08 Å². The molecule has 0 aliphatic heterocycles. The SMILES string of the molecule is O=C(O)NC(=O)C=CCO. The minimum atomic E-state index is -1.41. The van der Waals surface area contributed by atoms with Crippen molar-refractivity contribution in [3.63, 3.8) is 0 Å². The van der Waals surface area contributed by atoms with E-state index in [0.717, 1.165) is 12.2 Å². The number of rotatable bonds is 2. The maximum atomic E-state index is 10.3. The molecule has 0 radical (unpaired) electrons. The zero-order valence-corrected chi connectivity index (χ0v) is 5.07. The monoisotopic (exact) mass is 145 g/mol. The van der Waals surface area contributed by atoms with Gasteiger partial charge in [0, 0.05) is 6.08 Å². The van der Waals surface area contributed by atoms with Crippen molar-refractivity contribution in [2.75, 3.05) is 6.61 Å². The second-order valence-corrected chi connectivity index (χ2v) is 1.38. The van der Waals surface area contributed by atoms with Crippen molar-refractivity contribution in [3.8, 4) is 0 Å². The van der Waals surface area contributed by atoms with Gasteiger partial charge in [0.15, 0.2) is 0 Å². The average molecular weight is 145 g/mol. The Morgan fingerprint density at radius 3 is 2.50 bits per heavy atom. The summed E-state index contributed by atoms with van der Waals surface area (Å²) in [5, 5.41) is 17.6. The summed E-state index contributed by atoms with van der Waals surface area (Å²) < 4.78 is 0. The second-order valence-electron chi connectivity index (χ2n) is 1.38. The number of nitrogens with one attached hydrogen (secondary N) is 1. The van der Waals surface area contributed by atoms with E-state index in [0.29, 0.717) is 0 Å². The Balaban J connectivity index is 3.64. The van der Waals surface area contributed by atoms with Gasteiger partial charge in [0.2, 0.25) is 0 Å². The summed E-state index contributed by atoms with van der Waals surface area (Å²) in [6.07, 6.45) is 0.666. The van der Waals surface area contributed by atoms with Gasteiger partial charge in [0.1, 0.15) is 0 Å². The van der Waals surface area contributed by atoms with Crippen molar-refractivity contribution in [2.24, 2.45) is 0 Å². The van der Waals surface area contributed by atoms with Gasteiger partial charge in [-0.15, -0.1) is 0 Å². The van der Waals surface area contributed by atoms with Crippen molar-refractivity contribution < 1.29 is 19.8 Å². The molecule has 0 aliphatic rings. The molecule has 0 aliphatic carbocycles. The van der Waals surface area contributed by atoms with Gasteiger partial charge in [-0.2, -0.15) is 0 Å². The summed E-state index contributed by atoms with van der Waals surface area (Å²) >= 11 is 0. The van der Waals surface area contributed by atoms with Crippen LogP contribution in [0.1, 0.15) is 0 Å². The zero-order valence-electron chi connectivity index (χ0n) is 5.07. The number of amides is 2. The summed E-state index contributed by atoms with van der Waals surface area (Å²) in [5.74, 6) is -0.762. The van der Waals surface area contributed by atoms with E-state index in [2.05, 4.69) is 0 Å². The molecule has 0 heterocycles. The zero-order chi connectivity index (χ0) is 7.98. The lowest BCUT2D eigenvalue weighted by Gasteiger charge is -1.90. The molecule has 0 aromatic rings. The molecule has 0 saturated carbocycles. The first-order valence-corrected chi connectivity index (χ1v) is 2.48. The number of aliphatic hydroxyl groups is 1. The van der Waals surface area contributed by atoms with Crippen LogP contribution in [0.2, 0.25) is 0 Å². The van der Waals surface area contributed by atoms with Gasteiger partial charge in [-0.25, -0.2) is 4.79 Å². The average Bonchev–Trinajstić information content (AvgIpc) is 1.82. The molecule has 5 nitrogen and oxygen atoms in total. The number of carboxylic acid groups (broad SMARTS) is 1. The van der Waals surface area contributed by atoms with Crippen LogP contribution in [-0.2, 0) is 4.79 Å². The Morgan fingerprint density at radius 2 is 2.10 bits per heavy atom. The van der Waals surface area contributed by atoms with E-state index in [9.17, 15) is 9.59 Å². The summed E-state index contributed by atoms with van der Waals surface area (Å²) in [7, 11) is 0. The fraction of sp³-hybridized carbons (Fsp3) is 0.200. The molecule has 10 heavy (non-hydrogen) atoms. The molecule has 0 saturated heterocycles. The van der Waals surface area contributed by atoms with Crippen LogP contribution in [0, 0.1) is 0 Å². The van der Waals surface area contributed by atoms with E-state index in [1.54, 1.807) is 5.32 Å². The van der Waals surface area contributed by atoms with Crippen LogP contribution in [0.3, 0.4) is 0 Å². The van der Waals surface area contributed by atoms with Gasteiger partial charge < -0.3 is 10.2 Å². The molecular weight excluding hydrogens is 138 g/mol. The van der Waals surface area contributed by atoms with Crippen molar-refractivity contribution in [2.45, 2.75) is 0 Å². The van der Waals surface area contributed by atoms with E-state index in [-0.39, 0.29) is 6.61 Å². The molecule has 0 atom stereocenters. The summed E-state index contributed by atoms with van der Waals surface area (Å²) in [6.45, 7) is -0.285. The van der Waals surface area contributed by atoms with E-state index in [1.807, 2.05) is 0 Å². The highest BCUT2D eigenvalue weighted by atomic mass is 16.4. The number of carbonyl (C=O) groups is 2. The molecular formula is C5H7NO4. The lowest BCUT2D eigenvalue weighted by atomic mass is 10.5. The predicted octanol–water partition coefficient (Wildman–Crippen LogP) is -0.671. The Kier molecular flexibility index (Phi) is 3.90. The van der Waals surface area contributed by atoms with Crippen molar-refractivity contribution in [1.29, 1.82) is 0 Å². The summed E-state index contributed by atoms with van der Waals surface area (Å²) in [6, 6.07) is 0. The Morgan fingerprint density at radius 1 is 1.50 bits per heavy atom. The number of hydrogen-bond acceptors (Lipinski definition) is 3. The highest BCUT2D eigenvalue weighted by molar-refractivity contribution is 5.97. The minimum absolute atomic E-state index is 0.285. The highest BCUT2D eigenvalue weighted by Crippen LogP contribution is 1.71. The topological polar surface area (TPSA) is 86.6 Å². The quantitative estimate of drug-likeness (QED) is 0.450. The normalized spacial score (nSPS) is 9.70. The third-order valence-corrected chi connectivity index (χ3v) is 0.605. The molecule has 2 amide bonds. The molecule has 5 heteroatoms. The molecule has 0 aromatic carbocycles. The van der Waals surface area contributed by atoms with Gasteiger partial charge in [-0.3, -0.25) is 10.1 Å².